The van der Waals surface area contributed by atoms with Gasteiger partial charge in [0.15, 0.2) is 0 Å². The number of carbonyl (C=O) groups is 1. The predicted molar refractivity (Wildman–Crippen MR) is 120 cm³/mol. The van der Waals surface area contributed by atoms with Gasteiger partial charge in [0.25, 0.3) is 0 Å². The Morgan fingerprint density at radius 1 is 0.933 bits per heavy atom. The minimum absolute atomic E-state index is 0.151. The Morgan fingerprint density at radius 2 is 1.63 bits per heavy atom. The number of esters is 1. The van der Waals surface area contributed by atoms with E-state index >= 15 is 0 Å². The molecule has 1 atom stereocenters. The van der Waals surface area contributed by atoms with Crippen LogP contribution in [0.1, 0.15) is 30.9 Å². The number of nitrogens with zero attached hydrogens (tertiary/aromatic N) is 1. The van der Waals surface area contributed by atoms with Gasteiger partial charge in [0, 0.05) is 17.8 Å². The summed E-state index contributed by atoms with van der Waals surface area (Å²) in [4.78, 5) is 14.8. The van der Waals surface area contributed by atoms with E-state index in [0.29, 0.717) is 25.6 Å². The Balaban J connectivity index is 1.40. The fourth-order valence-electron chi connectivity index (χ4n) is 4.48. The molecule has 0 spiro atoms. The number of hydrogen-bond donors (Lipinski definition) is 0. The minimum atomic E-state index is -0.151. The zero-order chi connectivity index (χ0) is 20.5. The van der Waals surface area contributed by atoms with E-state index in [1.165, 1.54) is 32.8 Å². The largest absolute Gasteiger partial charge is 0.461 e. The zero-order valence-corrected chi connectivity index (χ0v) is 17.2. The van der Waals surface area contributed by atoms with Crippen molar-refractivity contribution in [3.05, 3.63) is 100 Å². The van der Waals surface area contributed by atoms with Crippen molar-refractivity contribution >= 4 is 22.8 Å². The summed E-state index contributed by atoms with van der Waals surface area (Å²) in [6, 6.07) is 27.4. The highest BCUT2D eigenvalue weighted by molar-refractivity contribution is 5.84. The van der Waals surface area contributed by atoms with Crippen LogP contribution in [-0.2, 0) is 16.1 Å². The van der Waals surface area contributed by atoms with Crippen LogP contribution in [0, 0.1) is 0 Å². The number of benzene rings is 3. The van der Waals surface area contributed by atoms with Crippen LogP contribution in [0.15, 0.2) is 78.9 Å². The summed E-state index contributed by atoms with van der Waals surface area (Å²) >= 11 is 0. The first-order valence-electron chi connectivity index (χ1n) is 10.6. The third-order valence-corrected chi connectivity index (χ3v) is 6.13. The van der Waals surface area contributed by atoms with Crippen LogP contribution in [0.3, 0.4) is 0 Å². The maximum absolute atomic E-state index is 12.4. The third kappa shape index (κ3) is 3.52. The smallest absolute Gasteiger partial charge is 0.307 e. The molecule has 0 amide bonds. The van der Waals surface area contributed by atoms with Crippen LogP contribution in [0.2, 0.25) is 0 Å². The fourth-order valence-corrected chi connectivity index (χ4v) is 4.48. The van der Waals surface area contributed by atoms with Crippen molar-refractivity contribution in [2.75, 3.05) is 11.4 Å². The van der Waals surface area contributed by atoms with Gasteiger partial charge < -0.3 is 9.64 Å². The van der Waals surface area contributed by atoms with Gasteiger partial charge in [0.05, 0.1) is 12.5 Å². The molecule has 2 aliphatic rings. The van der Waals surface area contributed by atoms with Crippen molar-refractivity contribution in [2.24, 2.45) is 0 Å². The molecule has 30 heavy (non-hydrogen) atoms. The fraction of sp³-hybridized carbons (Fsp3) is 0.222. The first kappa shape index (κ1) is 18.7. The summed E-state index contributed by atoms with van der Waals surface area (Å²) in [6.07, 6.45) is 1.43. The lowest BCUT2D eigenvalue weighted by Gasteiger charge is -2.28. The summed E-state index contributed by atoms with van der Waals surface area (Å²) in [5.41, 5.74) is 6.23. The van der Waals surface area contributed by atoms with Crippen molar-refractivity contribution in [2.45, 2.75) is 32.4 Å². The Labute approximate surface area is 176 Å². The van der Waals surface area contributed by atoms with Gasteiger partial charge in [-0.15, -0.1) is 0 Å². The molecule has 1 aliphatic carbocycles. The molecule has 1 aliphatic heterocycles. The van der Waals surface area contributed by atoms with Gasteiger partial charge in [0.1, 0.15) is 6.61 Å². The van der Waals surface area contributed by atoms with E-state index in [1.54, 1.807) is 0 Å². The van der Waals surface area contributed by atoms with Crippen LogP contribution in [0.25, 0.3) is 11.1 Å². The maximum atomic E-state index is 12.4. The van der Waals surface area contributed by atoms with Gasteiger partial charge in [0.2, 0.25) is 0 Å². The predicted octanol–water partition coefficient (Wildman–Crippen LogP) is 3.78. The topological polar surface area (TPSA) is 29.5 Å². The molecule has 1 heterocycles. The average molecular weight is 396 g/mol. The highest BCUT2D eigenvalue weighted by Crippen LogP contribution is 2.41. The number of hydrogen-bond acceptors (Lipinski definition) is 3. The first-order chi connectivity index (χ1) is 14.7. The molecule has 0 saturated heterocycles. The molecule has 0 radical (unpaired) electrons. The minimum Gasteiger partial charge on any atom is -0.461 e. The van der Waals surface area contributed by atoms with Gasteiger partial charge in [-0.05, 0) is 46.6 Å². The number of carbonyl (C=O) groups excluding carboxylic acids is 1. The highest BCUT2D eigenvalue weighted by atomic mass is 16.5. The van der Waals surface area contributed by atoms with Crippen molar-refractivity contribution in [1.29, 1.82) is 0 Å². The van der Waals surface area contributed by atoms with Gasteiger partial charge in [-0.1, -0.05) is 72.8 Å². The highest BCUT2D eigenvalue weighted by Gasteiger charge is 2.38. The van der Waals surface area contributed by atoms with Gasteiger partial charge in [-0.25, -0.2) is 0 Å². The summed E-state index contributed by atoms with van der Waals surface area (Å²) in [6.45, 7) is 3.19. The van der Waals surface area contributed by atoms with Crippen molar-refractivity contribution in [1.82, 2.24) is 0 Å². The van der Waals surface area contributed by atoms with E-state index in [1.807, 2.05) is 30.3 Å². The standard InChI is InChI=1S/C27H25NO2/c1-19-21-11-5-6-13-23(21)24-17-26(24)28(25-14-8-7-12-22(19)25)16-15-27(29)30-18-20-9-3-2-4-10-20/h2-14,26H,15-18H2,1H3/b21-19-,24-23-. The van der Waals surface area contributed by atoms with Crippen molar-refractivity contribution in [3.63, 3.8) is 0 Å². The maximum Gasteiger partial charge on any atom is 0.307 e. The monoisotopic (exact) mass is 395 g/mol. The summed E-state index contributed by atoms with van der Waals surface area (Å²) < 4.78 is 5.51. The molecule has 1 unspecified atom stereocenters. The molecular weight excluding hydrogens is 370 g/mol. The SMILES string of the molecule is C/C1=c2\cccc\c2=C2/CC2N(CCC(=O)OCc2ccccc2)c2ccccc21. The second kappa shape index (κ2) is 7.83. The molecule has 3 aromatic carbocycles. The molecule has 1 saturated carbocycles. The third-order valence-electron chi connectivity index (χ3n) is 6.13. The first-order valence-corrected chi connectivity index (χ1v) is 10.6. The number of anilines is 1. The summed E-state index contributed by atoms with van der Waals surface area (Å²) in [5.74, 6) is -0.151. The molecule has 150 valence electrons. The average Bonchev–Trinajstić information content (AvgIpc) is 3.58. The number of rotatable bonds is 5. The molecule has 3 aromatic rings. The molecule has 0 N–H and O–H groups in total. The molecule has 3 nitrogen and oxygen atoms in total. The van der Waals surface area contributed by atoms with Crippen LogP contribution < -0.4 is 15.3 Å². The van der Waals surface area contributed by atoms with Crippen LogP contribution in [0.5, 0.6) is 0 Å². The normalized spacial score (nSPS) is 20.3. The molecule has 0 bridgehead atoms. The number of ether oxygens (including phenoxy) is 1. The van der Waals surface area contributed by atoms with E-state index in [-0.39, 0.29) is 5.97 Å². The second-order valence-corrected chi connectivity index (χ2v) is 8.02. The lowest BCUT2D eigenvalue weighted by Crippen LogP contribution is -2.35. The van der Waals surface area contributed by atoms with Crippen LogP contribution in [-0.4, -0.2) is 18.6 Å². The molecule has 3 heteroatoms. The van der Waals surface area contributed by atoms with E-state index in [4.69, 9.17) is 4.74 Å². The zero-order valence-electron chi connectivity index (χ0n) is 17.2. The second-order valence-electron chi connectivity index (χ2n) is 8.02. The Kier molecular flexibility index (Phi) is 4.88. The lowest BCUT2D eigenvalue weighted by molar-refractivity contribution is -0.144. The van der Waals surface area contributed by atoms with Gasteiger partial charge in [-0.2, -0.15) is 0 Å². The summed E-state index contributed by atoms with van der Waals surface area (Å²) in [7, 11) is 0. The molecule has 5 rings (SSSR count). The van der Waals surface area contributed by atoms with E-state index in [0.717, 1.165) is 12.0 Å². The molecule has 1 fully saturated rings. The lowest BCUT2D eigenvalue weighted by atomic mass is 9.99. The van der Waals surface area contributed by atoms with Crippen molar-refractivity contribution < 1.29 is 9.53 Å². The van der Waals surface area contributed by atoms with E-state index in [9.17, 15) is 4.79 Å². The Bertz CT molecular complexity index is 1210. The number of para-hydroxylation sites is 1. The molecular formula is C27H25NO2. The van der Waals surface area contributed by atoms with E-state index in [2.05, 4.69) is 60.4 Å². The van der Waals surface area contributed by atoms with Crippen LogP contribution >= 0.6 is 0 Å². The van der Waals surface area contributed by atoms with Gasteiger partial charge >= 0.3 is 5.97 Å². The van der Waals surface area contributed by atoms with Crippen LogP contribution in [0.4, 0.5) is 5.69 Å². The number of fused-ring (bicyclic) bond motifs is 3. The van der Waals surface area contributed by atoms with Crippen molar-refractivity contribution in [3.8, 4) is 0 Å². The Morgan fingerprint density at radius 3 is 2.47 bits per heavy atom. The quantitative estimate of drug-likeness (QED) is 0.616. The van der Waals surface area contributed by atoms with E-state index < -0.39 is 0 Å². The Hall–Kier alpha value is -3.33. The van der Waals surface area contributed by atoms with Gasteiger partial charge in [-0.3, -0.25) is 4.79 Å². The summed E-state index contributed by atoms with van der Waals surface area (Å²) in [5, 5.41) is 2.68. The molecule has 0 aromatic heterocycles.